The van der Waals surface area contributed by atoms with Crippen LogP contribution in [0.25, 0.3) is 11.3 Å². The van der Waals surface area contributed by atoms with Crippen LogP contribution in [0.4, 0.5) is 5.13 Å². The van der Waals surface area contributed by atoms with Crippen LogP contribution in [-0.4, -0.2) is 31.2 Å². The highest BCUT2D eigenvalue weighted by atomic mass is 32.1. The topological polar surface area (TPSA) is 28.2 Å². The van der Waals surface area contributed by atoms with E-state index in [1.54, 1.807) is 11.3 Å². The Morgan fingerprint density at radius 2 is 1.95 bits per heavy atom. The van der Waals surface area contributed by atoms with Crippen molar-refractivity contribution in [1.82, 2.24) is 10.3 Å². The first-order chi connectivity index (χ1) is 9.36. The summed E-state index contributed by atoms with van der Waals surface area (Å²) in [6, 6.07) is 8.74. The van der Waals surface area contributed by atoms with Crippen LogP contribution in [0.5, 0.6) is 0 Å². The summed E-state index contributed by atoms with van der Waals surface area (Å²) in [5.74, 6) is 0. The molecule has 0 aliphatic carbocycles. The molecule has 1 saturated heterocycles. The van der Waals surface area contributed by atoms with Gasteiger partial charge in [-0.3, -0.25) is 0 Å². The molecular formula is C15H19N3S. The van der Waals surface area contributed by atoms with Gasteiger partial charge < -0.3 is 10.2 Å². The van der Waals surface area contributed by atoms with Gasteiger partial charge in [-0.15, -0.1) is 11.3 Å². The summed E-state index contributed by atoms with van der Waals surface area (Å²) < 4.78 is 0. The van der Waals surface area contributed by atoms with Crippen molar-refractivity contribution in [3.05, 3.63) is 35.2 Å². The fourth-order valence-electron chi connectivity index (χ4n) is 2.31. The lowest BCUT2D eigenvalue weighted by Gasteiger charge is -2.26. The van der Waals surface area contributed by atoms with Crippen LogP contribution in [-0.2, 0) is 6.42 Å². The molecule has 100 valence electrons. The summed E-state index contributed by atoms with van der Waals surface area (Å²) in [6.07, 6.45) is 1.09. The summed E-state index contributed by atoms with van der Waals surface area (Å²) in [7, 11) is 0. The molecule has 3 rings (SSSR count). The minimum atomic E-state index is 1.06. The molecule has 0 atom stereocenters. The van der Waals surface area contributed by atoms with E-state index >= 15 is 0 Å². The molecule has 0 bridgehead atoms. The molecule has 0 amide bonds. The van der Waals surface area contributed by atoms with Crippen molar-refractivity contribution in [2.75, 3.05) is 31.1 Å². The number of nitrogens with one attached hydrogen (secondary N) is 1. The van der Waals surface area contributed by atoms with Gasteiger partial charge >= 0.3 is 0 Å². The van der Waals surface area contributed by atoms with Gasteiger partial charge in [0.2, 0.25) is 0 Å². The van der Waals surface area contributed by atoms with Crippen LogP contribution in [0, 0.1) is 0 Å². The van der Waals surface area contributed by atoms with Crippen LogP contribution < -0.4 is 10.2 Å². The van der Waals surface area contributed by atoms with Gasteiger partial charge in [-0.05, 0) is 12.0 Å². The maximum atomic E-state index is 4.78. The molecular weight excluding hydrogens is 254 g/mol. The minimum absolute atomic E-state index is 1.06. The summed E-state index contributed by atoms with van der Waals surface area (Å²) >= 11 is 1.75. The van der Waals surface area contributed by atoms with E-state index in [1.807, 2.05) is 0 Å². The number of benzene rings is 1. The standard InChI is InChI=1S/C15H19N3S/c1-2-12-3-5-13(6-4-12)14-11-19-15(17-14)18-9-7-16-8-10-18/h3-6,11,16H,2,7-10H2,1H3. The fraction of sp³-hybridized carbons (Fsp3) is 0.400. The van der Waals surface area contributed by atoms with Gasteiger partial charge in [-0.2, -0.15) is 0 Å². The minimum Gasteiger partial charge on any atom is -0.346 e. The Morgan fingerprint density at radius 3 is 2.63 bits per heavy atom. The average molecular weight is 273 g/mol. The molecule has 1 aromatic heterocycles. The molecule has 1 aliphatic rings. The Hall–Kier alpha value is -1.39. The van der Waals surface area contributed by atoms with Crippen molar-refractivity contribution >= 4 is 16.5 Å². The van der Waals surface area contributed by atoms with E-state index in [0.717, 1.165) is 43.4 Å². The fourth-order valence-corrected chi connectivity index (χ4v) is 3.20. The molecule has 1 N–H and O–H groups in total. The Morgan fingerprint density at radius 1 is 1.21 bits per heavy atom. The van der Waals surface area contributed by atoms with Crippen molar-refractivity contribution in [1.29, 1.82) is 0 Å². The normalized spacial score (nSPS) is 15.7. The van der Waals surface area contributed by atoms with Gasteiger partial charge in [0.15, 0.2) is 5.13 Å². The largest absolute Gasteiger partial charge is 0.346 e. The monoisotopic (exact) mass is 273 g/mol. The zero-order chi connectivity index (χ0) is 13.1. The van der Waals surface area contributed by atoms with E-state index in [0.29, 0.717) is 0 Å². The second-order valence-corrected chi connectivity index (χ2v) is 5.64. The van der Waals surface area contributed by atoms with Crippen molar-refractivity contribution < 1.29 is 0 Å². The Kier molecular flexibility index (Phi) is 3.80. The van der Waals surface area contributed by atoms with E-state index in [-0.39, 0.29) is 0 Å². The molecule has 0 radical (unpaired) electrons. The number of anilines is 1. The smallest absolute Gasteiger partial charge is 0.185 e. The van der Waals surface area contributed by atoms with E-state index < -0.39 is 0 Å². The van der Waals surface area contributed by atoms with Crippen molar-refractivity contribution in [2.24, 2.45) is 0 Å². The van der Waals surface area contributed by atoms with Gasteiger partial charge in [-0.25, -0.2) is 4.98 Å². The van der Waals surface area contributed by atoms with Crippen LogP contribution in [0.2, 0.25) is 0 Å². The molecule has 0 saturated carbocycles. The molecule has 2 heterocycles. The molecule has 1 aromatic carbocycles. The number of hydrogen-bond donors (Lipinski definition) is 1. The summed E-state index contributed by atoms with van der Waals surface area (Å²) in [5, 5.41) is 6.68. The number of aryl methyl sites for hydroxylation is 1. The van der Waals surface area contributed by atoms with E-state index in [2.05, 4.69) is 46.8 Å². The maximum Gasteiger partial charge on any atom is 0.185 e. The van der Waals surface area contributed by atoms with Gasteiger partial charge in [-0.1, -0.05) is 31.2 Å². The lowest BCUT2D eigenvalue weighted by molar-refractivity contribution is 0.588. The average Bonchev–Trinajstić information content (AvgIpc) is 2.98. The van der Waals surface area contributed by atoms with Gasteiger partial charge in [0.05, 0.1) is 5.69 Å². The Labute approximate surface area is 118 Å². The number of thiazole rings is 1. The first-order valence-electron chi connectivity index (χ1n) is 6.87. The predicted molar refractivity (Wildman–Crippen MR) is 82.0 cm³/mol. The quantitative estimate of drug-likeness (QED) is 0.932. The van der Waals surface area contributed by atoms with Crippen molar-refractivity contribution in [3.8, 4) is 11.3 Å². The summed E-state index contributed by atoms with van der Waals surface area (Å²) in [4.78, 5) is 7.14. The Bertz CT molecular complexity index is 527. The highest BCUT2D eigenvalue weighted by Gasteiger charge is 2.14. The first kappa shape index (κ1) is 12.6. The maximum absolute atomic E-state index is 4.78. The summed E-state index contributed by atoms with van der Waals surface area (Å²) in [5.41, 5.74) is 3.69. The molecule has 1 fully saturated rings. The van der Waals surface area contributed by atoms with E-state index in [9.17, 15) is 0 Å². The van der Waals surface area contributed by atoms with Crippen molar-refractivity contribution in [3.63, 3.8) is 0 Å². The molecule has 19 heavy (non-hydrogen) atoms. The predicted octanol–water partition coefficient (Wildman–Crippen LogP) is 2.78. The lowest BCUT2D eigenvalue weighted by Crippen LogP contribution is -2.43. The highest BCUT2D eigenvalue weighted by molar-refractivity contribution is 7.14. The zero-order valence-corrected chi connectivity index (χ0v) is 12.0. The number of rotatable bonds is 3. The number of piperazine rings is 1. The number of nitrogens with zero attached hydrogens (tertiary/aromatic N) is 2. The number of hydrogen-bond acceptors (Lipinski definition) is 4. The van der Waals surface area contributed by atoms with Crippen LogP contribution >= 0.6 is 11.3 Å². The van der Waals surface area contributed by atoms with Crippen LogP contribution in [0.3, 0.4) is 0 Å². The molecule has 4 heteroatoms. The van der Waals surface area contributed by atoms with Crippen LogP contribution in [0.1, 0.15) is 12.5 Å². The molecule has 2 aromatic rings. The van der Waals surface area contributed by atoms with Gasteiger partial charge in [0, 0.05) is 37.1 Å². The molecule has 0 unspecified atom stereocenters. The zero-order valence-electron chi connectivity index (χ0n) is 11.2. The van der Waals surface area contributed by atoms with Gasteiger partial charge in [0.25, 0.3) is 0 Å². The lowest BCUT2D eigenvalue weighted by atomic mass is 10.1. The molecule has 3 nitrogen and oxygen atoms in total. The summed E-state index contributed by atoms with van der Waals surface area (Å²) in [6.45, 7) is 6.41. The Balaban J connectivity index is 1.79. The third-order valence-electron chi connectivity index (χ3n) is 3.54. The molecule has 0 spiro atoms. The second kappa shape index (κ2) is 5.72. The second-order valence-electron chi connectivity index (χ2n) is 4.80. The van der Waals surface area contributed by atoms with E-state index in [4.69, 9.17) is 4.98 Å². The third-order valence-corrected chi connectivity index (χ3v) is 4.44. The SMILES string of the molecule is CCc1ccc(-c2csc(N3CCNCC3)n2)cc1. The first-order valence-corrected chi connectivity index (χ1v) is 7.75. The van der Waals surface area contributed by atoms with Gasteiger partial charge in [0.1, 0.15) is 0 Å². The third kappa shape index (κ3) is 2.80. The van der Waals surface area contributed by atoms with E-state index in [1.165, 1.54) is 11.1 Å². The molecule has 1 aliphatic heterocycles. The van der Waals surface area contributed by atoms with Crippen molar-refractivity contribution in [2.45, 2.75) is 13.3 Å². The highest BCUT2D eigenvalue weighted by Crippen LogP contribution is 2.27. The number of aromatic nitrogens is 1. The van der Waals surface area contributed by atoms with Crippen LogP contribution in [0.15, 0.2) is 29.6 Å².